The number of carbonyl (C=O) groups is 3. The van der Waals surface area contributed by atoms with Crippen LogP contribution in [-0.4, -0.2) is 68.3 Å². The fourth-order valence-electron chi connectivity index (χ4n) is 5.06. The molecule has 0 bridgehead atoms. The van der Waals surface area contributed by atoms with E-state index in [0.29, 0.717) is 31.2 Å². The largest absolute Gasteiger partial charge is 0.444 e. The van der Waals surface area contributed by atoms with Crippen LogP contribution in [0, 0.1) is 5.92 Å². The van der Waals surface area contributed by atoms with E-state index in [4.69, 9.17) is 15.2 Å². The van der Waals surface area contributed by atoms with E-state index in [1.165, 1.54) is 12.1 Å². The van der Waals surface area contributed by atoms with Crippen molar-refractivity contribution in [2.24, 2.45) is 5.92 Å². The molecule has 2 aromatic rings. The van der Waals surface area contributed by atoms with E-state index >= 15 is 0 Å². The third kappa shape index (κ3) is 12.5. The highest BCUT2D eigenvalue weighted by molar-refractivity contribution is 7.89. The number of nitrogens with two attached hydrogens (primary N) is 1. The lowest BCUT2D eigenvalue weighted by atomic mass is 9.93. The number of piperidine rings is 1. The number of benzene rings is 2. The molecule has 3 rings (SSSR count). The van der Waals surface area contributed by atoms with E-state index < -0.39 is 39.5 Å². The zero-order valence-electron chi connectivity index (χ0n) is 27.7. The van der Waals surface area contributed by atoms with Crippen LogP contribution < -0.4 is 21.1 Å². The maximum atomic E-state index is 13.9. The lowest BCUT2D eigenvalue weighted by Crippen LogP contribution is -2.51. The molecule has 1 saturated heterocycles. The van der Waals surface area contributed by atoms with Gasteiger partial charge in [0.2, 0.25) is 15.9 Å². The summed E-state index contributed by atoms with van der Waals surface area (Å²) in [6.07, 6.45) is 1.28. The van der Waals surface area contributed by atoms with E-state index in [2.05, 4.69) is 15.4 Å². The Hall–Kier alpha value is -3.84. The van der Waals surface area contributed by atoms with Crippen LogP contribution in [0.4, 0.5) is 15.3 Å². The molecule has 1 atom stereocenters. The number of nitrogen functional groups attached to an aromatic ring is 1. The Morgan fingerprint density at radius 1 is 0.891 bits per heavy atom. The van der Waals surface area contributed by atoms with E-state index in [1.807, 2.05) is 39.0 Å². The number of hydrogen-bond donors (Lipinski definition) is 4. The third-order valence-corrected chi connectivity index (χ3v) is 8.65. The van der Waals surface area contributed by atoms with Gasteiger partial charge >= 0.3 is 12.2 Å². The summed E-state index contributed by atoms with van der Waals surface area (Å²) in [5, 5.41) is 5.50. The average Bonchev–Trinajstić information content (AvgIpc) is 2.94. The molecule has 1 aliphatic rings. The van der Waals surface area contributed by atoms with Crippen LogP contribution in [0.25, 0.3) is 0 Å². The van der Waals surface area contributed by atoms with Crippen molar-refractivity contribution in [1.29, 1.82) is 0 Å². The van der Waals surface area contributed by atoms with Gasteiger partial charge in [-0.2, -0.15) is 4.72 Å². The summed E-state index contributed by atoms with van der Waals surface area (Å²) in [6, 6.07) is 12.1. The monoisotopic (exact) mass is 659 g/mol. The van der Waals surface area contributed by atoms with E-state index in [0.717, 1.165) is 30.4 Å². The maximum absolute atomic E-state index is 13.9. The number of likely N-dealkylation sites (tertiary alicyclic amines) is 1. The molecular weight excluding hydrogens is 610 g/mol. The maximum Gasteiger partial charge on any atom is 0.407 e. The van der Waals surface area contributed by atoms with Gasteiger partial charge in [0.05, 0.1) is 4.90 Å². The number of amides is 3. The van der Waals surface area contributed by atoms with Crippen molar-refractivity contribution < 1.29 is 32.3 Å². The van der Waals surface area contributed by atoms with E-state index in [-0.39, 0.29) is 23.8 Å². The molecule has 13 heteroatoms. The Kier molecular flexibility index (Phi) is 12.4. The van der Waals surface area contributed by atoms with Gasteiger partial charge in [0.25, 0.3) is 0 Å². The highest BCUT2D eigenvalue weighted by Crippen LogP contribution is 2.22. The average molecular weight is 660 g/mol. The van der Waals surface area contributed by atoms with Gasteiger partial charge in [-0.05, 0) is 102 Å². The van der Waals surface area contributed by atoms with Gasteiger partial charge in [-0.1, -0.05) is 30.3 Å². The molecule has 0 spiro atoms. The second-order valence-electron chi connectivity index (χ2n) is 13.6. The molecule has 5 N–H and O–H groups in total. The molecule has 0 aliphatic carbocycles. The zero-order valence-corrected chi connectivity index (χ0v) is 28.5. The topological polar surface area (TPSA) is 169 Å². The quantitative estimate of drug-likeness (QED) is 0.258. The third-order valence-electron chi connectivity index (χ3n) is 7.18. The minimum atomic E-state index is -4.08. The molecule has 46 heavy (non-hydrogen) atoms. The molecule has 0 aromatic heterocycles. The molecule has 1 fully saturated rings. The van der Waals surface area contributed by atoms with E-state index in [9.17, 15) is 22.8 Å². The smallest absolute Gasteiger partial charge is 0.407 e. The molecule has 0 saturated carbocycles. The van der Waals surface area contributed by atoms with Crippen molar-refractivity contribution in [2.75, 3.05) is 25.4 Å². The van der Waals surface area contributed by atoms with Gasteiger partial charge < -0.3 is 30.7 Å². The second kappa shape index (κ2) is 15.6. The SMILES string of the molecule is CC(C)(C)OC(=O)NCCC1CCN(C(=O)[C@H](Cc2cccc(CNC(=O)OC(C)(C)C)c2)NS(=O)(=O)c2cccc(N)c2)CC1. The standard InChI is InChI=1S/C33H49N5O7S/c1-32(2,3)44-30(40)35-16-13-23-14-17-38(18-15-23)29(39)28(37-46(42,43)27-12-8-11-26(34)21-27)20-24-9-7-10-25(19-24)22-36-31(41)45-33(4,5)6/h7-12,19,21,23,28,37H,13-18,20,22,34H2,1-6H3,(H,35,40)(H,36,41)/t28-/m0/s1. The predicted octanol–water partition coefficient (Wildman–Crippen LogP) is 4.34. The van der Waals surface area contributed by atoms with Crippen molar-refractivity contribution in [2.45, 2.75) is 95.9 Å². The number of hydrogen-bond acceptors (Lipinski definition) is 8. The number of alkyl carbamates (subject to hydrolysis) is 2. The molecule has 2 aromatic carbocycles. The summed E-state index contributed by atoms with van der Waals surface area (Å²) in [5.41, 5.74) is 6.42. The Morgan fingerprint density at radius 2 is 1.48 bits per heavy atom. The molecule has 1 heterocycles. The Balaban J connectivity index is 1.69. The van der Waals surface area contributed by atoms with Gasteiger partial charge in [0.15, 0.2) is 0 Å². The van der Waals surface area contributed by atoms with Crippen molar-refractivity contribution in [1.82, 2.24) is 20.3 Å². The van der Waals surface area contributed by atoms with Gasteiger partial charge in [0.1, 0.15) is 17.2 Å². The van der Waals surface area contributed by atoms with Gasteiger partial charge in [-0.25, -0.2) is 18.0 Å². The normalized spacial score (nSPS) is 15.1. The van der Waals surface area contributed by atoms with Gasteiger partial charge in [-0.3, -0.25) is 4.79 Å². The minimum absolute atomic E-state index is 0.0307. The van der Waals surface area contributed by atoms with Crippen molar-refractivity contribution in [3.63, 3.8) is 0 Å². The molecule has 0 unspecified atom stereocenters. The molecule has 254 valence electrons. The second-order valence-corrected chi connectivity index (χ2v) is 15.3. The summed E-state index contributed by atoms with van der Waals surface area (Å²) >= 11 is 0. The molecule has 0 radical (unpaired) electrons. The number of nitrogens with one attached hydrogen (secondary N) is 3. The summed E-state index contributed by atoms with van der Waals surface area (Å²) in [7, 11) is -4.08. The van der Waals surface area contributed by atoms with E-state index in [1.54, 1.807) is 43.9 Å². The van der Waals surface area contributed by atoms with Crippen LogP contribution in [-0.2, 0) is 37.3 Å². The molecule has 1 aliphatic heterocycles. The number of anilines is 1. The Bertz CT molecular complexity index is 1460. The lowest BCUT2D eigenvalue weighted by Gasteiger charge is -2.34. The first-order valence-electron chi connectivity index (χ1n) is 15.6. The van der Waals surface area contributed by atoms with Crippen LogP contribution in [0.3, 0.4) is 0 Å². The number of nitrogens with zero attached hydrogens (tertiary/aromatic N) is 1. The summed E-state index contributed by atoms with van der Waals surface area (Å²) in [4.78, 5) is 39.7. The van der Waals surface area contributed by atoms with Crippen LogP contribution in [0.2, 0.25) is 0 Å². The summed E-state index contributed by atoms with van der Waals surface area (Å²) in [6.45, 7) is 12.4. The summed E-state index contributed by atoms with van der Waals surface area (Å²) < 4.78 is 40.0. The minimum Gasteiger partial charge on any atom is -0.444 e. The predicted molar refractivity (Wildman–Crippen MR) is 176 cm³/mol. The zero-order chi connectivity index (χ0) is 34.1. The number of carbonyl (C=O) groups excluding carboxylic acids is 3. The number of rotatable bonds is 11. The molecule has 12 nitrogen and oxygen atoms in total. The van der Waals surface area contributed by atoms with Gasteiger partial charge in [0, 0.05) is 31.9 Å². The first-order chi connectivity index (χ1) is 21.4. The number of sulfonamides is 1. The molecule has 3 amide bonds. The first-order valence-corrected chi connectivity index (χ1v) is 17.1. The number of ether oxygens (including phenoxy) is 2. The van der Waals surface area contributed by atoms with Crippen LogP contribution in [0.1, 0.15) is 71.9 Å². The Labute approximate surface area is 272 Å². The van der Waals surface area contributed by atoms with Gasteiger partial charge in [-0.15, -0.1) is 0 Å². The van der Waals surface area contributed by atoms with Crippen molar-refractivity contribution >= 4 is 33.8 Å². The highest BCUT2D eigenvalue weighted by atomic mass is 32.2. The van der Waals surface area contributed by atoms with Crippen LogP contribution >= 0.6 is 0 Å². The fraction of sp³-hybridized carbons (Fsp3) is 0.545. The highest BCUT2D eigenvalue weighted by Gasteiger charge is 2.32. The summed E-state index contributed by atoms with van der Waals surface area (Å²) in [5.74, 6) is -0.0225. The van der Waals surface area contributed by atoms with Crippen molar-refractivity contribution in [3.8, 4) is 0 Å². The van der Waals surface area contributed by atoms with Crippen LogP contribution in [0.15, 0.2) is 53.4 Å². The Morgan fingerprint density at radius 3 is 2.09 bits per heavy atom. The van der Waals surface area contributed by atoms with Crippen molar-refractivity contribution in [3.05, 3.63) is 59.7 Å². The fourth-order valence-corrected chi connectivity index (χ4v) is 6.31. The molecular formula is C33H49N5O7S. The van der Waals surface area contributed by atoms with Crippen LogP contribution in [0.5, 0.6) is 0 Å². The first kappa shape index (κ1) is 36.6. The lowest BCUT2D eigenvalue weighted by molar-refractivity contribution is -0.134.